The maximum absolute atomic E-state index is 5.70. The molecule has 0 bridgehead atoms. The molecule has 2 N–H and O–H groups in total. The van der Waals surface area contributed by atoms with Crippen LogP contribution in [-0.4, -0.2) is 48.1 Å². The van der Waals surface area contributed by atoms with E-state index in [1.165, 1.54) is 0 Å². The summed E-state index contributed by atoms with van der Waals surface area (Å²) in [6.07, 6.45) is 0. The fraction of sp³-hybridized carbons (Fsp3) is 0.636. The zero-order valence-electron chi connectivity index (χ0n) is 10.2. The Morgan fingerprint density at radius 1 is 1.06 bits per heavy atom. The van der Waals surface area contributed by atoms with Crippen LogP contribution in [0.2, 0.25) is 0 Å². The number of aryl methyl sites for hydroxylation is 1. The number of aromatic nitrogens is 2. The van der Waals surface area contributed by atoms with Crippen LogP contribution in [0.5, 0.6) is 0 Å². The lowest BCUT2D eigenvalue weighted by Gasteiger charge is -2.34. The van der Waals surface area contributed by atoms with Crippen LogP contribution in [0.3, 0.4) is 0 Å². The average molecular weight is 221 g/mol. The third-order valence-electron chi connectivity index (χ3n) is 3.18. The van der Waals surface area contributed by atoms with Gasteiger partial charge in [-0.25, -0.2) is 4.98 Å². The number of nitrogen functional groups attached to an aromatic ring is 1. The fourth-order valence-corrected chi connectivity index (χ4v) is 1.96. The van der Waals surface area contributed by atoms with E-state index in [2.05, 4.69) is 33.7 Å². The largest absolute Gasteiger partial charge is 0.368 e. The summed E-state index contributed by atoms with van der Waals surface area (Å²) < 4.78 is 0. The van der Waals surface area contributed by atoms with Crippen molar-refractivity contribution in [3.05, 3.63) is 11.3 Å². The van der Waals surface area contributed by atoms with Crippen LogP contribution in [0.15, 0.2) is 0 Å². The third-order valence-corrected chi connectivity index (χ3v) is 3.18. The van der Waals surface area contributed by atoms with Crippen LogP contribution in [0.1, 0.15) is 11.3 Å². The van der Waals surface area contributed by atoms with E-state index >= 15 is 0 Å². The maximum atomic E-state index is 5.70. The predicted octanol–water partition coefficient (Wildman–Crippen LogP) is 0.427. The number of nitrogens with two attached hydrogens (primary N) is 1. The van der Waals surface area contributed by atoms with Crippen LogP contribution >= 0.6 is 0 Å². The van der Waals surface area contributed by atoms with E-state index in [0.717, 1.165) is 43.3 Å². The molecule has 0 spiro atoms. The van der Waals surface area contributed by atoms with E-state index in [1.54, 1.807) is 0 Å². The molecule has 0 atom stereocenters. The average Bonchev–Trinajstić information content (AvgIpc) is 2.25. The summed E-state index contributed by atoms with van der Waals surface area (Å²) in [5.41, 5.74) is 7.81. The van der Waals surface area contributed by atoms with Gasteiger partial charge in [-0.15, -0.1) is 0 Å². The third kappa shape index (κ3) is 2.09. The number of hydrogen-bond acceptors (Lipinski definition) is 5. The van der Waals surface area contributed by atoms with Crippen molar-refractivity contribution < 1.29 is 0 Å². The SMILES string of the molecule is Cc1nc(N)nc(N2CCN(C)CC2)c1C. The predicted molar refractivity (Wildman–Crippen MR) is 65.6 cm³/mol. The summed E-state index contributed by atoms with van der Waals surface area (Å²) in [7, 11) is 2.14. The Bertz CT molecular complexity index is 382. The Morgan fingerprint density at radius 3 is 2.31 bits per heavy atom. The smallest absolute Gasteiger partial charge is 0.222 e. The first kappa shape index (κ1) is 11.1. The molecule has 16 heavy (non-hydrogen) atoms. The molecule has 88 valence electrons. The first-order valence-corrected chi connectivity index (χ1v) is 5.62. The van der Waals surface area contributed by atoms with Crippen LogP contribution in [0, 0.1) is 13.8 Å². The van der Waals surface area contributed by atoms with Gasteiger partial charge in [0.15, 0.2) is 0 Å². The number of nitrogens with zero attached hydrogens (tertiary/aromatic N) is 4. The summed E-state index contributed by atoms with van der Waals surface area (Å²) in [5, 5.41) is 0. The Kier molecular flexibility index (Phi) is 2.96. The molecule has 1 aliphatic rings. The second-order valence-electron chi connectivity index (χ2n) is 4.41. The summed E-state index contributed by atoms with van der Waals surface area (Å²) in [5.74, 6) is 1.37. The number of hydrogen-bond donors (Lipinski definition) is 1. The minimum atomic E-state index is 0.372. The molecule has 0 radical (unpaired) electrons. The molecule has 0 aromatic carbocycles. The molecular formula is C11H19N5. The lowest BCUT2D eigenvalue weighted by Crippen LogP contribution is -2.45. The van der Waals surface area contributed by atoms with Crippen molar-refractivity contribution in [3.63, 3.8) is 0 Å². The fourth-order valence-electron chi connectivity index (χ4n) is 1.96. The molecule has 1 aromatic heterocycles. The van der Waals surface area contributed by atoms with Gasteiger partial charge in [0.2, 0.25) is 5.95 Å². The summed E-state index contributed by atoms with van der Waals surface area (Å²) >= 11 is 0. The number of anilines is 2. The lowest BCUT2D eigenvalue weighted by atomic mass is 10.2. The van der Waals surface area contributed by atoms with Crippen LogP contribution < -0.4 is 10.6 Å². The van der Waals surface area contributed by atoms with Crippen molar-refractivity contribution >= 4 is 11.8 Å². The first-order chi connectivity index (χ1) is 7.58. The van der Waals surface area contributed by atoms with Gasteiger partial charge in [0.05, 0.1) is 0 Å². The number of likely N-dealkylation sites (N-methyl/N-ethyl adjacent to an activating group) is 1. The van der Waals surface area contributed by atoms with E-state index < -0.39 is 0 Å². The minimum Gasteiger partial charge on any atom is -0.368 e. The van der Waals surface area contributed by atoms with Gasteiger partial charge in [-0.1, -0.05) is 0 Å². The maximum Gasteiger partial charge on any atom is 0.222 e. The van der Waals surface area contributed by atoms with Crippen molar-refractivity contribution in [1.29, 1.82) is 0 Å². The first-order valence-electron chi connectivity index (χ1n) is 5.62. The lowest BCUT2D eigenvalue weighted by molar-refractivity contribution is 0.312. The van der Waals surface area contributed by atoms with Gasteiger partial charge in [-0.2, -0.15) is 4.98 Å². The quantitative estimate of drug-likeness (QED) is 0.745. The Morgan fingerprint density at radius 2 is 1.69 bits per heavy atom. The monoisotopic (exact) mass is 221 g/mol. The molecule has 1 aromatic rings. The highest BCUT2D eigenvalue weighted by atomic mass is 15.3. The van der Waals surface area contributed by atoms with Gasteiger partial charge in [-0.05, 0) is 20.9 Å². The van der Waals surface area contributed by atoms with E-state index in [-0.39, 0.29) is 0 Å². The van der Waals surface area contributed by atoms with Crippen molar-refractivity contribution in [2.24, 2.45) is 0 Å². The zero-order chi connectivity index (χ0) is 11.7. The van der Waals surface area contributed by atoms with Gasteiger partial charge in [0.25, 0.3) is 0 Å². The van der Waals surface area contributed by atoms with Crippen LogP contribution in [-0.2, 0) is 0 Å². The van der Waals surface area contributed by atoms with Crippen LogP contribution in [0.4, 0.5) is 11.8 Å². The molecule has 1 saturated heterocycles. The second-order valence-corrected chi connectivity index (χ2v) is 4.41. The van der Waals surface area contributed by atoms with Gasteiger partial charge in [0, 0.05) is 37.4 Å². The van der Waals surface area contributed by atoms with Crippen LogP contribution in [0.25, 0.3) is 0 Å². The number of piperazine rings is 1. The van der Waals surface area contributed by atoms with E-state index in [0.29, 0.717) is 5.95 Å². The summed E-state index contributed by atoms with van der Waals surface area (Å²) in [4.78, 5) is 13.1. The molecule has 0 saturated carbocycles. The van der Waals surface area contributed by atoms with Gasteiger partial charge in [0.1, 0.15) is 5.82 Å². The standard InChI is InChI=1S/C11H19N5/c1-8-9(2)13-11(12)14-10(8)16-6-4-15(3)5-7-16/h4-7H2,1-3H3,(H2,12,13,14). The van der Waals surface area contributed by atoms with E-state index in [1.807, 2.05) is 6.92 Å². The molecule has 1 aliphatic heterocycles. The highest BCUT2D eigenvalue weighted by molar-refractivity contribution is 5.51. The summed E-state index contributed by atoms with van der Waals surface area (Å²) in [6, 6.07) is 0. The molecule has 1 fully saturated rings. The Hall–Kier alpha value is -1.36. The van der Waals surface area contributed by atoms with Crippen molar-refractivity contribution in [2.45, 2.75) is 13.8 Å². The van der Waals surface area contributed by atoms with E-state index in [4.69, 9.17) is 5.73 Å². The van der Waals surface area contributed by atoms with Gasteiger partial charge in [-0.3, -0.25) is 0 Å². The Balaban J connectivity index is 2.26. The highest BCUT2D eigenvalue weighted by Crippen LogP contribution is 2.21. The molecular weight excluding hydrogens is 202 g/mol. The molecule has 5 nitrogen and oxygen atoms in total. The Labute approximate surface area is 96.3 Å². The zero-order valence-corrected chi connectivity index (χ0v) is 10.2. The molecule has 5 heteroatoms. The molecule has 2 rings (SSSR count). The van der Waals surface area contributed by atoms with Crippen molar-refractivity contribution in [1.82, 2.24) is 14.9 Å². The second kappa shape index (κ2) is 4.25. The van der Waals surface area contributed by atoms with Crippen molar-refractivity contribution in [2.75, 3.05) is 43.9 Å². The summed E-state index contributed by atoms with van der Waals surface area (Å²) in [6.45, 7) is 8.20. The van der Waals surface area contributed by atoms with Gasteiger partial charge >= 0.3 is 0 Å². The minimum absolute atomic E-state index is 0.372. The van der Waals surface area contributed by atoms with E-state index in [9.17, 15) is 0 Å². The topological polar surface area (TPSA) is 58.3 Å². The molecule has 0 aliphatic carbocycles. The number of rotatable bonds is 1. The highest BCUT2D eigenvalue weighted by Gasteiger charge is 2.18. The molecule has 0 unspecified atom stereocenters. The normalized spacial score (nSPS) is 17.8. The van der Waals surface area contributed by atoms with Gasteiger partial charge < -0.3 is 15.5 Å². The molecule has 2 heterocycles. The molecule has 0 amide bonds. The van der Waals surface area contributed by atoms with Crippen molar-refractivity contribution in [3.8, 4) is 0 Å².